The normalized spacial score (nSPS) is 12.1. The number of aromatic amines is 1. The van der Waals surface area contributed by atoms with Gasteiger partial charge in [0.25, 0.3) is 0 Å². The number of phenols is 1. The van der Waals surface area contributed by atoms with E-state index >= 15 is 0 Å². The van der Waals surface area contributed by atoms with Crippen LogP contribution in [0.25, 0.3) is 10.9 Å². The maximum atomic E-state index is 13.1. The minimum Gasteiger partial charge on any atom is -0.506 e. The number of hydrogen-bond acceptors (Lipinski definition) is 4. The minimum atomic E-state index is -0.219. The van der Waals surface area contributed by atoms with Crippen LogP contribution in [0.4, 0.5) is 0 Å². The van der Waals surface area contributed by atoms with Gasteiger partial charge in [0, 0.05) is 24.0 Å². The standard InChI is InChI=1S/C31H42N2O4/c1-3-4-11-24(2)33(30(36)20-23-37-22-19-25-12-7-5-8-13-25)21-10-6-9-14-26-15-17-28(34)31-27(26)16-18-29(35)32-31/h5,7-8,12-13,15-18,24,34H,3-4,6,9-11,14,19-23H2,1-2H3,(H,32,35)/t24-/m1/s1. The molecule has 0 aliphatic carbocycles. The zero-order valence-corrected chi connectivity index (χ0v) is 22.4. The van der Waals surface area contributed by atoms with E-state index in [1.807, 2.05) is 24.3 Å². The van der Waals surface area contributed by atoms with Crippen molar-refractivity contribution in [1.82, 2.24) is 9.88 Å². The maximum Gasteiger partial charge on any atom is 0.248 e. The number of amides is 1. The first-order valence-corrected chi connectivity index (χ1v) is 13.7. The van der Waals surface area contributed by atoms with Crippen molar-refractivity contribution in [3.63, 3.8) is 0 Å². The lowest BCUT2D eigenvalue weighted by atomic mass is 10.0. The summed E-state index contributed by atoms with van der Waals surface area (Å²) < 4.78 is 5.77. The third-order valence-corrected chi connectivity index (χ3v) is 6.97. The molecule has 37 heavy (non-hydrogen) atoms. The number of carbonyl (C=O) groups excluding carboxylic acids is 1. The molecule has 0 saturated carbocycles. The number of aryl methyl sites for hydroxylation is 1. The lowest BCUT2D eigenvalue weighted by Gasteiger charge is -2.29. The van der Waals surface area contributed by atoms with Crippen LogP contribution in [-0.4, -0.2) is 46.7 Å². The predicted octanol–water partition coefficient (Wildman–Crippen LogP) is 6.00. The molecule has 1 heterocycles. The Labute approximate surface area is 220 Å². The van der Waals surface area contributed by atoms with Gasteiger partial charge in [0.2, 0.25) is 11.5 Å². The molecule has 1 aromatic heterocycles. The summed E-state index contributed by atoms with van der Waals surface area (Å²) in [5.74, 6) is 0.271. The molecule has 0 unspecified atom stereocenters. The van der Waals surface area contributed by atoms with Gasteiger partial charge >= 0.3 is 0 Å². The highest BCUT2D eigenvalue weighted by molar-refractivity contribution is 5.87. The Morgan fingerprint density at radius 2 is 1.78 bits per heavy atom. The molecule has 3 rings (SSSR count). The zero-order valence-electron chi connectivity index (χ0n) is 22.4. The van der Waals surface area contributed by atoms with Gasteiger partial charge in [0.05, 0.1) is 25.2 Å². The van der Waals surface area contributed by atoms with E-state index in [0.29, 0.717) is 25.2 Å². The van der Waals surface area contributed by atoms with Gasteiger partial charge in [-0.3, -0.25) is 9.59 Å². The number of carbonyl (C=O) groups is 1. The van der Waals surface area contributed by atoms with Crippen molar-refractivity contribution in [3.05, 3.63) is 76.1 Å². The van der Waals surface area contributed by atoms with Crippen molar-refractivity contribution in [2.75, 3.05) is 19.8 Å². The van der Waals surface area contributed by atoms with Gasteiger partial charge in [-0.25, -0.2) is 0 Å². The van der Waals surface area contributed by atoms with Gasteiger partial charge in [-0.1, -0.05) is 62.6 Å². The average molecular weight is 507 g/mol. The third kappa shape index (κ3) is 9.04. The first-order chi connectivity index (χ1) is 18.0. The van der Waals surface area contributed by atoms with Gasteiger partial charge < -0.3 is 19.7 Å². The maximum absolute atomic E-state index is 13.1. The topological polar surface area (TPSA) is 82.6 Å². The van der Waals surface area contributed by atoms with Crippen molar-refractivity contribution in [3.8, 4) is 5.75 Å². The molecule has 0 bridgehead atoms. The quantitative estimate of drug-likeness (QED) is 0.233. The minimum absolute atomic E-state index is 0.0933. The third-order valence-electron chi connectivity index (χ3n) is 6.97. The molecule has 0 aliphatic rings. The van der Waals surface area contributed by atoms with E-state index in [-0.39, 0.29) is 23.3 Å². The van der Waals surface area contributed by atoms with Gasteiger partial charge in [0.1, 0.15) is 5.75 Å². The molecular formula is C31H42N2O4. The van der Waals surface area contributed by atoms with Crippen molar-refractivity contribution < 1.29 is 14.6 Å². The Bertz CT molecular complexity index is 1160. The molecule has 0 fully saturated rings. The number of pyridine rings is 1. The molecule has 0 spiro atoms. The van der Waals surface area contributed by atoms with Crippen LogP contribution in [0.2, 0.25) is 0 Å². The number of benzene rings is 2. The molecule has 0 radical (unpaired) electrons. The van der Waals surface area contributed by atoms with Gasteiger partial charge in [-0.2, -0.15) is 0 Å². The van der Waals surface area contributed by atoms with Crippen LogP contribution in [0, 0.1) is 0 Å². The highest BCUT2D eigenvalue weighted by atomic mass is 16.5. The van der Waals surface area contributed by atoms with Crippen molar-refractivity contribution in [2.45, 2.75) is 77.7 Å². The second-order valence-electron chi connectivity index (χ2n) is 9.84. The lowest BCUT2D eigenvalue weighted by Crippen LogP contribution is -2.39. The number of nitrogens with one attached hydrogen (secondary N) is 1. The van der Waals surface area contributed by atoms with Crippen molar-refractivity contribution in [2.24, 2.45) is 0 Å². The van der Waals surface area contributed by atoms with E-state index in [0.717, 1.165) is 68.9 Å². The van der Waals surface area contributed by atoms with Crippen LogP contribution >= 0.6 is 0 Å². The summed E-state index contributed by atoms with van der Waals surface area (Å²) in [6, 6.07) is 17.3. The smallest absolute Gasteiger partial charge is 0.248 e. The fourth-order valence-electron chi connectivity index (χ4n) is 4.78. The van der Waals surface area contributed by atoms with E-state index < -0.39 is 0 Å². The number of unbranched alkanes of at least 4 members (excludes halogenated alkanes) is 3. The number of phenolic OH excluding ortho intramolecular Hbond substituents is 1. The van der Waals surface area contributed by atoms with E-state index in [1.165, 1.54) is 11.6 Å². The largest absolute Gasteiger partial charge is 0.506 e. The monoisotopic (exact) mass is 506 g/mol. The van der Waals surface area contributed by atoms with E-state index in [2.05, 4.69) is 35.9 Å². The number of hydrogen-bond donors (Lipinski definition) is 2. The van der Waals surface area contributed by atoms with Crippen LogP contribution < -0.4 is 5.56 Å². The SMILES string of the molecule is CCCC[C@@H](C)N(CCCCCc1ccc(O)c2[nH]c(=O)ccc12)C(=O)CCOCCc1ccccc1. The van der Waals surface area contributed by atoms with Gasteiger partial charge in [0.15, 0.2) is 0 Å². The Hall–Kier alpha value is -3.12. The molecule has 2 N–H and O–H groups in total. The zero-order chi connectivity index (χ0) is 26.5. The Morgan fingerprint density at radius 3 is 2.57 bits per heavy atom. The highest BCUT2D eigenvalue weighted by Gasteiger charge is 2.19. The molecule has 0 saturated heterocycles. The fraction of sp³-hybridized carbons (Fsp3) is 0.484. The second-order valence-corrected chi connectivity index (χ2v) is 9.84. The van der Waals surface area contributed by atoms with E-state index in [4.69, 9.17) is 4.74 Å². The summed E-state index contributed by atoms with van der Waals surface area (Å²) in [6.07, 6.45) is 8.34. The van der Waals surface area contributed by atoms with Gasteiger partial charge in [-0.15, -0.1) is 0 Å². The van der Waals surface area contributed by atoms with Crippen LogP contribution in [0.15, 0.2) is 59.4 Å². The lowest BCUT2D eigenvalue weighted by molar-refractivity contribution is -0.134. The summed E-state index contributed by atoms with van der Waals surface area (Å²) >= 11 is 0. The van der Waals surface area contributed by atoms with Gasteiger partial charge in [-0.05, 0) is 62.3 Å². The fourth-order valence-corrected chi connectivity index (χ4v) is 4.78. The summed E-state index contributed by atoms with van der Waals surface area (Å²) in [5, 5.41) is 11.0. The molecular weight excluding hydrogens is 464 g/mol. The van der Waals surface area contributed by atoms with Crippen LogP contribution in [-0.2, 0) is 22.4 Å². The van der Waals surface area contributed by atoms with Crippen molar-refractivity contribution in [1.29, 1.82) is 0 Å². The summed E-state index contributed by atoms with van der Waals surface area (Å²) in [4.78, 5) is 29.5. The van der Waals surface area contributed by atoms with Crippen molar-refractivity contribution >= 4 is 16.8 Å². The highest BCUT2D eigenvalue weighted by Crippen LogP contribution is 2.26. The number of fused-ring (bicyclic) bond motifs is 1. The van der Waals surface area contributed by atoms with E-state index in [9.17, 15) is 14.7 Å². The molecule has 6 heteroatoms. The number of H-pyrrole nitrogens is 1. The Balaban J connectivity index is 1.45. The van der Waals surface area contributed by atoms with Crippen LogP contribution in [0.3, 0.4) is 0 Å². The molecule has 1 atom stereocenters. The van der Waals surface area contributed by atoms with Crippen LogP contribution in [0.5, 0.6) is 5.75 Å². The Morgan fingerprint density at radius 1 is 0.973 bits per heavy atom. The van der Waals surface area contributed by atoms with Crippen LogP contribution in [0.1, 0.15) is 69.9 Å². The number of ether oxygens (including phenoxy) is 1. The molecule has 1 amide bonds. The summed E-state index contributed by atoms with van der Waals surface area (Å²) in [7, 11) is 0. The summed E-state index contributed by atoms with van der Waals surface area (Å²) in [5.41, 5.74) is 2.64. The molecule has 6 nitrogen and oxygen atoms in total. The number of aromatic nitrogens is 1. The number of rotatable bonds is 16. The predicted molar refractivity (Wildman–Crippen MR) is 150 cm³/mol. The average Bonchev–Trinajstić information content (AvgIpc) is 2.91. The molecule has 3 aromatic rings. The van der Waals surface area contributed by atoms with E-state index in [1.54, 1.807) is 12.1 Å². The molecule has 200 valence electrons. The molecule has 2 aromatic carbocycles. The first kappa shape index (κ1) is 28.5. The number of nitrogens with zero attached hydrogens (tertiary/aromatic N) is 1. The molecule has 0 aliphatic heterocycles. The summed E-state index contributed by atoms with van der Waals surface area (Å²) in [6.45, 7) is 6.19. The number of aromatic hydroxyl groups is 1. The second kappa shape index (κ2) is 15.2. The first-order valence-electron chi connectivity index (χ1n) is 13.7. The Kier molecular flexibility index (Phi) is 11.7.